The molecule has 2 aliphatic heterocycles. The van der Waals surface area contributed by atoms with Gasteiger partial charge >= 0.3 is 0 Å². The normalized spacial score (nSPS) is 30.1. The first-order valence-corrected chi connectivity index (χ1v) is 6.65. The molecule has 0 radical (unpaired) electrons. The first-order chi connectivity index (χ1) is 7.86. The van der Waals surface area contributed by atoms with E-state index in [0.29, 0.717) is 12.0 Å². The summed E-state index contributed by atoms with van der Waals surface area (Å²) in [5.74, 6) is 1.99. The highest BCUT2D eigenvalue weighted by Crippen LogP contribution is 2.31. The van der Waals surface area contributed by atoms with Gasteiger partial charge < -0.3 is 9.88 Å². The van der Waals surface area contributed by atoms with Crippen LogP contribution < -0.4 is 5.32 Å². The lowest BCUT2D eigenvalue weighted by Gasteiger charge is -2.27. The van der Waals surface area contributed by atoms with Crippen molar-refractivity contribution in [3.8, 4) is 0 Å². The monoisotopic (exact) mass is 219 g/mol. The van der Waals surface area contributed by atoms with Gasteiger partial charge in [0.2, 0.25) is 0 Å². The highest BCUT2D eigenvalue weighted by atomic mass is 15.1. The lowest BCUT2D eigenvalue weighted by molar-refractivity contribution is 0.370. The van der Waals surface area contributed by atoms with Crippen LogP contribution in [-0.4, -0.2) is 16.1 Å². The number of rotatable bonds is 1. The van der Waals surface area contributed by atoms with Crippen LogP contribution in [0.25, 0.3) is 0 Å². The Morgan fingerprint density at radius 2 is 2.25 bits per heavy atom. The van der Waals surface area contributed by atoms with Crippen molar-refractivity contribution in [2.24, 2.45) is 0 Å². The van der Waals surface area contributed by atoms with E-state index in [1.54, 1.807) is 0 Å². The molecule has 1 aromatic rings. The molecule has 0 aliphatic carbocycles. The van der Waals surface area contributed by atoms with Crippen molar-refractivity contribution in [1.29, 1.82) is 0 Å². The molecule has 88 valence electrons. The Hall–Kier alpha value is -0.830. The van der Waals surface area contributed by atoms with Crippen molar-refractivity contribution in [3.63, 3.8) is 0 Å². The second-order valence-corrected chi connectivity index (χ2v) is 5.24. The van der Waals surface area contributed by atoms with Crippen LogP contribution in [0.3, 0.4) is 0 Å². The van der Waals surface area contributed by atoms with Crippen LogP contribution in [0.2, 0.25) is 0 Å². The molecule has 2 atom stereocenters. The highest BCUT2D eigenvalue weighted by Gasteiger charge is 2.25. The average molecular weight is 219 g/mol. The Morgan fingerprint density at radius 3 is 3.06 bits per heavy atom. The van der Waals surface area contributed by atoms with Gasteiger partial charge in [0.05, 0.1) is 6.04 Å². The molecule has 1 aromatic heterocycles. The minimum atomic E-state index is 0.507. The minimum absolute atomic E-state index is 0.507. The van der Waals surface area contributed by atoms with Crippen molar-refractivity contribution in [2.75, 3.05) is 6.54 Å². The molecule has 1 fully saturated rings. The van der Waals surface area contributed by atoms with Gasteiger partial charge in [-0.3, -0.25) is 0 Å². The van der Waals surface area contributed by atoms with E-state index in [1.165, 1.54) is 50.2 Å². The zero-order valence-corrected chi connectivity index (χ0v) is 10.1. The fourth-order valence-corrected chi connectivity index (χ4v) is 3.09. The van der Waals surface area contributed by atoms with Crippen molar-refractivity contribution >= 4 is 0 Å². The number of fused-ring (bicyclic) bond motifs is 1. The average Bonchev–Trinajstić information content (AvgIpc) is 2.75. The van der Waals surface area contributed by atoms with Crippen LogP contribution >= 0.6 is 0 Å². The molecule has 0 amide bonds. The molecule has 0 saturated carbocycles. The summed E-state index contributed by atoms with van der Waals surface area (Å²) in [5, 5.41) is 3.60. The molecular weight excluding hydrogens is 198 g/mol. The SMILES string of the molecule is CC1CCCn2c1cnc2C1CCCCN1. The first-order valence-electron chi connectivity index (χ1n) is 6.65. The van der Waals surface area contributed by atoms with Crippen LogP contribution in [0.1, 0.15) is 62.5 Å². The van der Waals surface area contributed by atoms with Gasteiger partial charge in [0.25, 0.3) is 0 Å². The Labute approximate surface area is 97.3 Å². The zero-order chi connectivity index (χ0) is 11.0. The van der Waals surface area contributed by atoms with Crippen molar-refractivity contribution in [2.45, 2.75) is 57.5 Å². The second kappa shape index (κ2) is 4.21. The number of aromatic nitrogens is 2. The quantitative estimate of drug-likeness (QED) is 0.787. The molecule has 3 heteroatoms. The van der Waals surface area contributed by atoms with Gasteiger partial charge in [-0.05, 0) is 38.1 Å². The van der Waals surface area contributed by atoms with E-state index in [0.717, 1.165) is 6.54 Å². The summed E-state index contributed by atoms with van der Waals surface area (Å²) in [6.07, 6.45) is 8.66. The van der Waals surface area contributed by atoms with Crippen LogP contribution in [0.4, 0.5) is 0 Å². The van der Waals surface area contributed by atoms with Crippen LogP contribution in [0.5, 0.6) is 0 Å². The summed E-state index contributed by atoms with van der Waals surface area (Å²) >= 11 is 0. The van der Waals surface area contributed by atoms with E-state index in [-0.39, 0.29) is 0 Å². The predicted molar refractivity (Wildman–Crippen MR) is 64.5 cm³/mol. The van der Waals surface area contributed by atoms with Gasteiger partial charge in [-0.2, -0.15) is 0 Å². The van der Waals surface area contributed by atoms with Gasteiger partial charge in [0.1, 0.15) is 5.82 Å². The number of nitrogens with zero attached hydrogens (tertiary/aromatic N) is 2. The van der Waals surface area contributed by atoms with Crippen molar-refractivity contribution in [3.05, 3.63) is 17.7 Å². The van der Waals surface area contributed by atoms with Crippen LogP contribution in [0, 0.1) is 0 Å². The maximum absolute atomic E-state index is 4.67. The molecule has 0 bridgehead atoms. The fourth-order valence-electron chi connectivity index (χ4n) is 3.09. The highest BCUT2D eigenvalue weighted by molar-refractivity contribution is 5.15. The summed E-state index contributed by atoms with van der Waals surface area (Å²) < 4.78 is 2.47. The van der Waals surface area contributed by atoms with Crippen LogP contribution in [-0.2, 0) is 6.54 Å². The molecule has 3 nitrogen and oxygen atoms in total. The maximum Gasteiger partial charge on any atom is 0.126 e. The molecule has 16 heavy (non-hydrogen) atoms. The number of piperidine rings is 1. The summed E-state index contributed by atoms with van der Waals surface area (Å²) in [5.41, 5.74) is 1.45. The smallest absolute Gasteiger partial charge is 0.126 e. The van der Waals surface area contributed by atoms with E-state index < -0.39 is 0 Å². The van der Waals surface area contributed by atoms with Crippen molar-refractivity contribution < 1.29 is 0 Å². The lowest BCUT2D eigenvalue weighted by atomic mass is 9.98. The van der Waals surface area contributed by atoms with E-state index in [4.69, 9.17) is 0 Å². The van der Waals surface area contributed by atoms with E-state index in [2.05, 4.69) is 28.0 Å². The largest absolute Gasteiger partial charge is 0.330 e. The number of nitrogens with one attached hydrogen (secondary N) is 1. The number of hydrogen-bond acceptors (Lipinski definition) is 2. The third kappa shape index (κ3) is 1.67. The topological polar surface area (TPSA) is 29.9 Å². The number of imidazole rings is 1. The summed E-state index contributed by atoms with van der Waals surface area (Å²) in [6.45, 7) is 4.65. The first kappa shape index (κ1) is 10.3. The lowest BCUT2D eigenvalue weighted by Crippen LogP contribution is -2.30. The standard InChI is InChI=1S/C13H21N3/c1-10-5-4-8-16-12(10)9-15-13(16)11-6-2-3-7-14-11/h9-11,14H,2-8H2,1H3. The van der Waals surface area contributed by atoms with Gasteiger partial charge in [0, 0.05) is 18.4 Å². The molecule has 1 N–H and O–H groups in total. The number of hydrogen-bond donors (Lipinski definition) is 1. The summed E-state index contributed by atoms with van der Waals surface area (Å²) in [7, 11) is 0. The predicted octanol–water partition coefficient (Wildman–Crippen LogP) is 2.60. The molecule has 0 spiro atoms. The molecular formula is C13H21N3. The van der Waals surface area contributed by atoms with E-state index in [9.17, 15) is 0 Å². The molecule has 3 rings (SSSR count). The summed E-state index contributed by atoms with van der Waals surface area (Å²) in [6, 6.07) is 0.507. The van der Waals surface area contributed by atoms with Crippen molar-refractivity contribution in [1.82, 2.24) is 14.9 Å². The minimum Gasteiger partial charge on any atom is -0.330 e. The molecule has 0 aromatic carbocycles. The van der Waals surface area contributed by atoms with Gasteiger partial charge in [-0.15, -0.1) is 0 Å². The third-order valence-corrected chi connectivity index (χ3v) is 4.06. The Morgan fingerprint density at radius 1 is 1.31 bits per heavy atom. The van der Waals surface area contributed by atoms with Gasteiger partial charge in [-0.1, -0.05) is 13.3 Å². The maximum atomic E-state index is 4.67. The second-order valence-electron chi connectivity index (χ2n) is 5.24. The summed E-state index contributed by atoms with van der Waals surface area (Å²) in [4.78, 5) is 4.67. The molecule has 2 unspecified atom stereocenters. The zero-order valence-electron chi connectivity index (χ0n) is 10.1. The molecule has 1 saturated heterocycles. The Bertz CT molecular complexity index is 363. The van der Waals surface area contributed by atoms with E-state index in [1.807, 2.05) is 0 Å². The Balaban J connectivity index is 1.89. The fraction of sp³-hybridized carbons (Fsp3) is 0.769. The van der Waals surface area contributed by atoms with Crippen LogP contribution in [0.15, 0.2) is 6.20 Å². The Kier molecular flexibility index (Phi) is 2.72. The van der Waals surface area contributed by atoms with Gasteiger partial charge in [-0.25, -0.2) is 4.98 Å². The third-order valence-electron chi connectivity index (χ3n) is 4.06. The van der Waals surface area contributed by atoms with Gasteiger partial charge in [0.15, 0.2) is 0 Å². The van der Waals surface area contributed by atoms with E-state index >= 15 is 0 Å². The molecule has 2 aliphatic rings. The molecule has 3 heterocycles.